The fourth-order valence-electron chi connectivity index (χ4n) is 2.59. The van der Waals surface area contributed by atoms with Gasteiger partial charge in [0.25, 0.3) is 5.56 Å². The maximum atomic E-state index is 12.5. The van der Waals surface area contributed by atoms with E-state index in [0.717, 1.165) is 5.56 Å². The van der Waals surface area contributed by atoms with Crippen molar-refractivity contribution in [1.82, 2.24) is 9.97 Å². The highest BCUT2D eigenvalue weighted by molar-refractivity contribution is 5.95. The quantitative estimate of drug-likeness (QED) is 0.727. The summed E-state index contributed by atoms with van der Waals surface area (Å²) < 4.78 is 5.03. The number of aromatic amines is 1. The van der Waals surface area contributed by atoms with Gasteiger partial charge in [0.2, 0.25) is 0 Å². The summed E-state index contributed by atoms with van der Waals surface area (Å²) in [4.78, 5) is 32.0. The van der Waals surface area contributed by atoms with Crippen LogP contribution < -0.4 is 5.56 Å². The number of benzene rings is 2. The van der Waals surface area contributed by atoms with Crippen LogP contribution in [0.1, 0.15) is 28.7 Å². The summed E-state index contributed by atoms with van der Waals surface area (Å²) in [7, 11) is 0. The van der Waals surface area contributed by atoms with Gasteiger partial charge in [0.1, 0.15) is 5.82 Å². The van der Waals surface area contributed by atoms with Crippen molar-refractivity contribution in [2.75, 3.05) is 6.61 Å². The van der Waals surface area contributed by atoms with Gasteiger partial charge in [-0.05, 0) is 12.5 Å². The summed E-state index contributed by atoms with van der Waals surface area (Å²) in [6.45, 7) is 1.89. The van der Waals surface area contributed by atoms with Crippen LogP contribution in [0.2, 0.25) is 0 Å². The van der Waals surface area contributed by atoms with Crippen LogP contribution in [0.25, 0.3) is 11.3 Å². The first kappa shape index (κ1) is 16.6. The molecule has 0 aliphatic carbocycles. The molecule has 5 heteroatoms. The molecule has 3 aromatic rings. The number of hydrogen-bond acceptors (Lipinski definition) is 4. The number of nitrogens with one attached hydrogen (secondary N) is 1. The SMILES string of the molecule is CCOC(=O)c1c(-c2ccccc2)nc(Cc2ccccc2)[nH]c1=O. The Balaban J connectivity index is 2.11. The number of aromatic nitrogens is 2. The van der Waals surface area contributed by atoms with Gasteiger partial charge in [-0.25, -0.2) is 9.78 Å². The predicted molar refractivity (Wildman–Crippen MR) is 95.5 cm³/mol. The van der Waals surface area contributed by atoms with Crippen molar-refractivity contribution in [2.24, 2.45) is 0 Å². The lowest BCUT2D eigenvalue weighted by Crippen LogP contribution is -2.24. The topological polar surface area (TPSA) is 72.0 Å². The lowest BCUT2D eigenvalue weighted by Gasteiger charge is -2.10. The zero-order valence-electron chi connectivity index (χ0n) is 13.9. The van der Waals surface area contributed by atoms with Gasteiger partial charge < -0.3 is 9.72 Å². The Labute approximate surface area is 145 Å². The maximum absolute atomic E-state index is 12.5. The lowest BCUT2D eigenvalue weighted by atomic mass is 10.1. The van der Waals surface area contributed by atoms with Crippen molar-refractivity contribution in [2.45, 2.75) is 13.3 Å². The normalized spacial score (nSPS) is 10.4. The number of H-pyrrole nitrogens is 1. The van der Waals surface area contributed by atoms with Gasteiger partial charge in [0.15, 0.2) is 5.56 Å². The standard InChI is InChI=1S/C20H18N2O3/c1-2-25-20(24)17-18(15-11-7-4-8-12-15)21-16(22-19(17)23)13-14-9-5-3-6-10-14/h3-12H,2,13H2,1H3,(H,21,22,23). The van der Waals surface area contributed by atoms with Crippen molar-refractivity contribution >= 4 is 5.97 Å². The van der Waals surface area contributed by atoms with Crippen LogP contribution in [0.4, 0.5) is 0 Å². The van der Waals surface area contributed by atoms with Crippen molar-refractivity contribution in [3.8, 4) is 11.3 Å². The number of hydrogen-bond donors (Lipinski definition) is 1. The fourth-order valence-corrected chi connectivity index (χ4v) is 2.59. The minimum atomic E-state index is -0.665. The van der Waals surface area contributed by atoms with E-state index in [4.69, 9.17) is 4.74 Å². The summed E-state index contributed by atoms with van der Waals surface area (Å²) in [5.41, 5.74) is 1.51. The third-order valence-electron chi connectivity index (χ3n) is 3.71. The Hall–Kier alpha value is -3.21. The van der Waals surface area contributed by atoms with Gasteiger partial charge in [-0.1, -0.05) is 60.7 Å². The van der Waals surface area contributed by atoms with E-state index in [1.165, 1.54) is 0 Å². The highest BCUT2D eigenvalue weighted by Crippen LogP contribution is 2.20. The van der Waals surface area contributed by atoms with Gasteiger partial charge in [-0.15, -0.1) is 0 Å². The molecule has 25 heavy (non-hydrogen) atoms. The zero-order valence-corrected chi connectivity index (χ0v) is 13.9. The molecule has 2 aromatic carbocycles. The van der Waals surface area contributed by atoms with Crippen LogP contribution in [0.5, 0.6) is 0 Å². The zero-order chi connectivity index (χ0) is 17.6. The Kier molecular flexibility index (Phi) is 5.04. The first-order valence-corrected chi connectivity index (χ1v) is 8.08. The third-order valence-corrected chi connectivity index (χ3v) is 3.71. The van der Waals surface area contributed by atoms with Gasteiger partial charge in [0, 0.05) is 12.0 Å². The Morgan fingerprint density at radius 2 is 1.68 bits per heavy atom. The minimum absolute atomic E-state index is 0.0649. The van der Waals surface area contributed by atoms with Crippen molar-refractivity contribution in [3.05, 3.63) is 88.0 Å². The average molecular weight is 334 g/mol. The number of rotatable bonds is 5. The molecule has 0 bridgehead atoms. The Morgan fingerprint density at radius 1 is 1.04 bits per heavy atom. The van der Waals surface area contributed by atoms with Crippen LogP contribution in [-0.4, -0.2) is 22.5 Å². The molecule has 0 spiro atoms. The largest absolute Gasteiger partial charge is 0.462 e. The van der Waals surface area contributed by atoms with E-state index >= 15 is 0 Å². The average Bonchev–Trinajstić information content (AvgIpc) is 2.63. The van der Waals surface area contributed by atoms with Crippen LogP contribution in [0, 0.1) is 0 Å². The summed E-state index contributed by atoms with van der Waals surface area (Å²) in [5, 5.41) is 0. The Morgan fingerprint density at radius 3 is 2.32 bits per heavy atom. The third kappa shape index (κ3) is 3.83. The van der Waals surface area contributed by atoms with E-state index in [0.29, 0.717) is 23.5 Å². The number of esters is 1. The molecule has 0 fully saturated rings. The van der Waals surface area contributed by atoms with Gasteiger partial charge in [0.05, 0.1) is 12.3 Å². The summed E-state index contributed by atoms with van der Waals surface area (Å²) in [6.07, 6.45) is 0.471. The van der Waals surface area contributed by atoms with E-state index < -0.39 is 11.5 Å². The molecule has 0 amide bonds. The van der Waals surface area contributed by atoms with E-state index in [1.54, 1.807) is 6.92 Å². The molecule has 0 radical (unpaired) electrons. The van der Waals surface area contributed by atoms with E-state index in [-0.39, 0.29) is 12.2 Å². The van der Waals surface area contributed by atoms with Crippen LogP contribution in [0.15, 0.2) is 65.5 Å². The molecule has 1 heterocycles. The highest BCUT2D eigenvalue weighted by atomic mass is 16.5. The second kappa shape index (κ2) is 7.57. The van der Waals surface area contributed by atoms with Crippen molar-refractivity contribution in [3.63, 3.8) is 0 Å². The highest BCUT2D eigenvalue weighted by Gasteiger charge is 2.21. The monoisotopic (exact) mass is 334 g/mol. The molecule has 1 N–H and O–H groups in total. The molecule has 126 valence electrons. The first-order chi connectivity index (χ1) is 12.2. The summed E-state index contributed by atoms with van der Waals surface area (Å²) in [5.74, 6) is -0.163. The molecule has 5 nitrogen and oxygen atoms in total. The number of carbonyl (C=O) groups is 1. The van der Waals surface area contributed by atoms with Crippen LogP contribution in [0.3, 0.4) is 0 Å². The molecule has 0 unspecified atom stereocenters. The number of carbonyl (C=O) groups excluding carboxylic acids is 1. The van der Waals surface area contributed by atoms with Crippen LogP contribution in [-0.2, 0) is 11.2 Å². The van der Waals surface area contributed by atoms with E-state index in [9.17, 15) is 9.59 Å². The smallest absolute Gasteiger partial charge is 0.346 e. The van der Waals surface area contributed by atoms with Crippen LogP contribution >= 0.6 is 0 Å². The molecule has 0 atom stereocenters. The van der Waals surface area contributed by atoms with Gasteiger partial charge in [-0.2, -0.15) is 0 Å². The maximum Gasteiger partial charge on any atom is 0.346 e. The molecule has 0 aliphatic heterocycles. The molecule has 1 aromatic heterocycles. The molecule has 0 saturated carbocycles. The summed E-state index contributed by atoms with van der Waals surface area (Å²) in [6, 6.07) is 18.9. The molecular weight excluding hydrogens is 316 g/mol. The number of ether oxygens (including phenoxy) is 1. The molecule has 3 rings (SSSR count). The summed E-state index contributed by atoms with van der Waals surface area (Å²) >= 11 is 0. The number of nitrogens with zero attached hydrogens (tertiary/aromatic N) is 1. The predicted octanol–water partition coefficient (Wildman–Crippen LogP) is 3.20. The van der Waals surface area contributed by atoms with Gasteiger partial charge in [-0.3, -0.25) is 4.79 Å². The molecule has 0 aliphatic rings. The second-order valence-electron chi connectivity index (χ2n) is 5.49. The van der Waals surface area contributed by atoms with Gasteiger partial charge >= 0.3 is 5.97 Å². The fraction of sp³-hybridized carbons (Fsp3) is 0.150. The van der Waals surface area contributed by atoms with E-state index in [1.807, 2.05) is 60.7 Å². The molecular formula is C20H18N2O3. The van der Waals surface area contributed by atoms with Crippen molar-refractivity contribution in [1.29, 1.82) is 0 Å². The van der Waals surface area contributed by atoms with E-state index in [2.05, 4.69) is 9.97 Å². The Bertz CT molecular complexity index is 919. The minimum Gasteiger partial charge on any atom is -0.462 e. The first-order valence-electron chi connectivity index (χ1n) is 8.08. The second-order valence-corrected chi connectivity index (χ2v) is 5.49. The lowest BCUT2D eigenvalue weighted by molar-refractivity contribution is 0.0524. The van der Waals surface area contributed by atoms with Crippen molar-refractivity contribution < 1.29 is 9.53 Å². The molecule has 0 saturated heterocycles.